The standard InChI is InChI=1S/C25H23NO2Se/c1-28-22-15-13-21(14-16-22)26-23(17-12-19-8-4-2-5-9-19)24(25(26)27)29-18-20-10-6-3-7-11-20/h2-17,23-24H,18H2,1H3/b17-12+/t23-,24-/m1/s1. The topological polar surface area (TPSA) is 29.5 Å². The minimum absolute atomic E-state index is 0.0600. The van der Waals surface area contributed by atoms with Crippen LogP contribution in [-0.4, -0.2) is 34.0 Å². The van der Waals surface area contributed by atoms with Gasteiger partial charge < -0.3 is 0 Å². The Balaban J connectivity index is 1.55. The normalized spacial score (nSPS) is 18.7. The summed E-state index contributed by atoms with van der Waals surface area (Å²) in [7, 11) is 1.65. The molecule has 0 N–H and O–H groups in total. The van der Waals surface area contributed by atoms with Crippen LogP contribution in [0.3, 0.4) is 0 Å². The van der Waals surface area contributed by atoms with Crippen molar-refractivity contribution in [3.05, 3.63) is 102 Å². The summed E-state index contributed by atoms with van der Waals surface area (Å²) in [6, 6.07) is 28.5. The Morgan fingerprint density at radius 3 is 2.24 bits per heavy atom. The summed E-state index contributed by atoms with van der Waals surface area (Å²) in [5.74, 6) is 1.01. The molecule has 1 aliphatic rings. The van der Waals surface area contributed by atoms with Crippen molar-refractivity contribution in [3.63, 3.8) is 0 Å². The van der Waals surface area contributed by atoms with Crippen LogP contribution in [0.1, 0.15) is 11.1 Å². The number of rotatable bonds is 7. The Labute approximate surface area is 178 Å². The van der Waals surface area contributed by atoms with Crippen molar-refractivity contribution >= 4 is 32.6 Å². The Morgan fingerprint density at radius 1 is 0.931 bits per heavy atom. The van der Waals surface area contributed by atoms with Gasteiger partial charge in [0, 0.05) is 0 Å². The average molecular weight is 448 g/mol. The Morgan fingerprint density at radius 2 is 1.59 bits per heavy atom. The van der Waals surface area contributed by atoms with E-state index in [9.17, 15) is 4.79 Å². The first kappa shape index (κ1) is 19.5. The van der Waals surface area contributed by atoms with Crippen LogP contribution in [0.25, 0.3) is 6.08 Å². The Bertz CT molecular complexity index is 971. The number of nitrogens with zero attached hydrogens (tertiary/aromatic N) is 1. The second-order valence-electron chi connectivity index (χ2n) is 6.88. The number of ether oxygens (including phenoxy) is 1. The van der Waals surface area contributed by atoms with Crippen molar-refractivity contribution in [1.82, 2.24) is 0 Å². The zero-order chi connectivity index (χ0) is 20.1. The first-order chi connectivity index (χ1) is 14.3. The number of carbonyl (C=O) groups is 1. The zero-order valence-electron chi connectivity index (χ0n) is 16.3. The van der Waals surface area contributed by atoms with Crippen LogP contribution in [-0.2, 0) is 10.1 Å². The van der Waals surface area contributed by atoms with E-state index in [-0.39, 0.29) is 31.7 Å². The predicted octanol–water partition coefficient (Wildman–Crippen LogP) is 4.82. The van der Waals surface area contributed by atoms with E-state index in [1.807, 2.05) is 53.4 Å². The molecule has 1 saturated heterocycles. The zero-order valence-corrected chi connectivity index (χ0v) is 18.0. The fourth-order valence-electron chi connectivity index (χ4n) is 3.42. The molecule has 0 bridgehead atoms. The van der Waals surface area contributed by atoms with E-state index in [0.29, 0.717) is 0 Å². The monoisotopic (exact) mass is 449 g/mol. The summed E-state index contributed by atoms with van der Waals surface area (Å²) in [4.78, 5) is 15.0. The molecule has 1 aliphatic heterocycles. The molecule has 4 rings (SSSR count). The summed E-state index contributed by atoms with van der Waals surface area (Å²) in [6.07, 6.45) is 4.30. The van der Waals surface area contributed by atoms with E-state index in [0.717, 1.165) is 22.3 Å². The Kier molecular flexibility index (Phi) is 6.14. The second-order valence-corrected chi connectivity index (χ2v) is 9.25. The van der Waals surface area contributed by atoms with Crippen molar-refractivity contribution in [2.24, 2.45) is 0 Å². The van der Waals surface area contributed by atoms with Gasteiger partial charge in [-0.1, -0.05) is 0 Å². The summed E-state index contributed by atoms with van der Waals surface area (Å²) in [5, 5.41) is 0.969. The molecular formula is C25H23NO2Se. The molecule has 3 aromatic carbocycles. The number of methoxy groups -OCH3 is 1. The van der Waals surface area contributed by atoms with Gasteiger partial charge in [0.25, 0.3) is 0 Å². The van der Waals surface area contributed by atoms with Crippen LogP contribution in [0.4, 0.5) is 5.69 Å². The number of anilines is 1. The molecule has 3 nitrogen and oxygen atoms in total. The molecule has 0 saturated carbocycles. The van der Waals surface area contributed by atoms with E-state index in [4.69, 9.17) is 4.74 Å². The van der Waals surface area contributed by atoms with E-state index >= 15 is 0 Å². The summed E-state index contributed by atoms with van der Waals surface area (Å²) in [6.45, 7) is 0. The molecule has 4 heteroatoms. The first-order valence-electron chi connectivity index (χ1n) is 9.62. The van der Waals surface area contributed by atoms with Crippen LogP contribution >= 0.6 is 0 Å². The number of carbonyl (C=O) groups excluding carboxylic acids is 1. The van der Waals surface area contributed by atoms with Crippen LogP contribution in [0.2, 0.25) is 4.82 Å². The van der Waals surface area contributed by atoms with E-state index < -0.39 is 0 Å². The number of amides is 1. The van der Waals surface area contributed by atoms with Crippen LogP contribution < -0.4 is 9.64 Å². The number of hydrogen-bond acceptors (Lipinski definition) is 2. The summed E-state index contributed by atoms with van der Waals surface area (Å²) in [5.41, 5.74) is 3.37. The SMILES string of the molecule is COc1ccc(N2C(=O)[C@H]([Se]Cc3ccccc3)[C@H]2/C=C/c2ccccc2)cc1. The van der Waals surface area contributed by atoms with Gasteiger partial charge in [-0.2, -0.15) is 0 Å². The maximum absolute atomic E-state index is 13.0. The van der Waals surface area contributed by atoms with Gasteiger partial charge in [0.1, 0.15) is 0 Å². The molecule has 1 amide bonds. The van der Waals surface area contributed by atoms with Crippen LogP contribution in [0, 0.1) is 0 Å². The number of hydrogen-bond donors (Lipinski definition) is 0. The fraction of sp³-hybridized carbons (Fsp3) is 0.160. The third-order valence-corrected chi connectivity index (χ3v) is 7.81. The molecule has 0 aliphatic carbocycles. The summed E-state index contributed by atoms with van der Waals surface area (Å²) < 4.78 is 5.25. The number of β-lactam (4-membered cyclic amide) rings is 1. The third-order valence-electron chi connectivity index (χ3n) is 5.00. The molecule has 146 valence electrons. The van der Waals surface area contributed by atoms with Crippen LogP contribution in [0.15, 0.2) is 91.0 Å². The van der Waals surface area contributed by atoms with Crippen molar-refractivity contribution in [1.29, 1.82) is 0 Å². The predicted molar refractivity (Wildman–Crippen MR) is 119 cm³/mol. The molecule has 1 fully saturated rings. The second kappa shape index (κ2) is 9.13. The molecule has 3 aromatic rings. The molecule has 2 atom stereocenters. The molecule has 0 aromatic heterocycles. The van der Waals surface area contributed by atoms with E-state index in [1.54, 1.807) is 7.11 Å². The molecule has 0 spiro atoms. The van der Waals surface area contributed by atoms with Gasteiger partial charge in [-0.3, -0.25) is 0 Å². The van der Waals surface area contributed by atoms with Gasteiger partial charge in [0.05, 0.1) is 0 Å². The fourth-order valence-corrected chi connectivity index (χ4v) is 6.00. The van der Waals surface area contributed by atoms with Crippen molar-refractivity contribution in [3.8, 4) is 5.75 Å². The van der Waals surface area contributed by atoms with Gasteiger partial charge in [0.15, 0.2) is 0 Å². The quantitative estimate of drug-likeness (QED) is 0.383. The number of benzene rings is 3. The average Bonchev–Trinajstić information content (AvgIpc) is 2.78. The third kappa shape index (κ3) is 4.45. The van der Waals surface area contributed by atoms with Crippen molar-refractivity contribution in [2.45, 2.75) is 16.2 Å². The van der Waals surface area contributed by atoms with E-state index in [2.05, 4.69) is 48.6 Å². The van der Waals surface area contributed by atoms with Gasteiger partial charge in [-0.15, -0.1) is 0 Å². The summed E-state index contributed by atoms with van der Waals surface area (Å²) >= 11 is 0.201. The maximum atomic E-state index is 13.0. The molecule has 29 heavy (non-hydrogen) atoms. The first-order valence-corrected chi connectivity index (χ1v) is 11.8. The molecular weight excluding hydrogens is 425 g/mol. The molecule has 1 heterocycles. The minimum atomic E-state index is 0.0600. The molecule has 0 radical (unpaired) electrons. The van der Waals surface area contributed by atoms with Crippen molar-refractivity contribution < 1.29 is 9.53 Å². The van der Waals surface area contributed by atoms with Gasteiger partial charge in [0.2, 0.25) is 0 Å². The van der Waals surface area contributed by atoms with E-state index in [1.165, 1.54) is 5.56 Å². The Hall–Kier alpha value is -2.81. The molecule has 0 unspecified atom stereocenters. The van der Waals surface area contributed by atoms with Gasteiger partial charge in [-0.25, -0.2) is 0 Å². The van der Waals surface area contributed by atoms with Crippen molar-refractivity contribution in [2.75, 3.05) is 12.0 Å². The van der Waals surface area contributed by atoms with Gasteiger partial charge in [-0.05, 0) is 0 Å². The van der Waals surface area contributed by atoms with Gasteiger partial charge >= 0.3 is 178 Å². The van der Waals surface area contributed by atoms with Crippen LogP contribution in [0.5, 0.6) is 5.75 Å².